The molecular weight excluding hydrogens is 282 g/mol. The molecule has 0 bridgehead atoms. The van der Waals surface area contributed by atoms with Gasteiger partial charge in [-0.3, -0.25) is 0 Å². The van der Waals surface area contributed by atoms with Crippen LogP contribution in [0.1, 0.15) is 37.9 Å². The van der Waals surface area contributed by atoms with Crippen LogP contribution in [0.3, 0.4) is 0 Å². The number of benzene rings is 1. The summed E-state index contributed by atoms with van der Waals surface area (Å²) in [5.41, 5.74) is 2.96. The summed E-state index contributed by atoms with van der Waals surface area (Å²) in [6, 6.07) is 9.74. The lowest BCUT2D eigenvalue weighted by molar-refractivity contribution is 0.549. The Morgan fingerprint density at radius 3 is 2.80 bits per heavy atom. The molecule has 1 aliphatic heterocycles. The largest absolute Gasteiger partial charge is 0.309 e. The van der Waals surface area contributed by atoms with E-state index in [1.165, 1.54) is 34.8 Å². The van der Waals surface area contributed by atoms with Crippen LogP contribution in [-0.2, 0) is 6.42 Å². The molecule has 0 aromatic heterocycles. The third-order valence-electron chi connectivity index (χ3n) is 3.59. The minimum absolute atomic E-state index is 0.505. The first-order valence-electron chi connectivity index (χ1n) is 7.72. The molecule has 0 spiro atoms. The predicted molar refractivity (Wildman–Crippen MR) is 95.0 cm³/mol. The monoisotopic (exact) mass is 309 g/mol. The first kappa shape index (κ1) is 16.3. The molecule has 112 valence electrons. The van der Waals surface area contributed by atoms with E-state index in [2.05, 4.69) is 73.9 Å². The highest BCUT2D eigenvalue weighted by molar-refractivity contribution is 8.06. The Bertz CT molecular complexity index is 400. The van der Waals surface area contributed by atoms with Gasteiger partial charge in [0, 0.05) is 28.6 Å². The summed E-state index contributed by atoms with van der Waals surface area (Å²) < 4.78 is 0. The molecule has 3 heteroatoms. The molecule has 1 aromatic carbocycles. The van der Waals surface area contributed by atoms with Crippen LogP contribution in [0.25, 0.3) is 0 Å². The Balaban J connectivity index is 2.15. The van der Waals surface area contributed by atoms with E-state index in [1.54, 1.807) is 0 Å². The Morgan fingerprint density at radius 1 is 1.30 bits per heavy atom. The van der Waals surface area contributed by atoms with Crippen molar-refractivity contribution in [1.82, 2.24) is 5.32 Å². The lowest BCUT2D eigenvalue weighted by atomic mass is 9.97. The lowest BCUT2D eigenvalue weighted by Crippen LogP contribution is -2.33. The average Bonchev–Trinajstić information content (AvgIpc) is 2.45. The normalized spacial score (nSPS) is 21.1. The summed E-state index contributed by atoms with van der Waals surface area (Å²) in [4.78, 5) is 0. The van der Waals surface area contributed by atoms with E-state index in [1.807, 2.05) is 0 Å². The Kier molecular flexibility index (Phi) is 6.79. The fraction of sp³-hybridized carbons (Fsp3) is 0.647. The van der Waals surface area contributed by atoms with Crippen LogP contribution in [0.15, 0.2) is 24.3 Å². The molecular formula is C17H27NS2. The molecule has 2 unspecified atom stereocenters. The maximum atomic E-state index is 3.71. The van der Waals surface area contributed by atoms with Crippen molar-refractivity contribution in [3.05, 3.63) is 35.4 Å². The van der Waals surface area contributed by atoms with Gasteiger partial charge in [0.2, 0.25) is 0 Å². The summed E-state index contributed by atoms with van der Waals surface area (Å²) in [6.07, 6.45) is 1.18. The number of thioether (sulfide) groups is 2. The highest BCUT2D eigenvalue weighted by Crippen LogP contribution is 2.34. The maximum Gasteiger partial charge on any atom is 0.0448 e. The van der Waals surface area contributed by atoms with Gasteiger partial charge in [0.25, 0.3) is 0 Å². The second-order valence-corrected chi connectivity index (χ2v) is 8.36. The van der Waals surface area contributed by atoms with Crippen LogP contribution in [0.4, 0.5) is 0 Å². The Hall–Kier alpha value is -0.120. The van der Waals surface area contributed by atoms with Gasteiger partial charge in [0.15, 0.2) is 0 Å². The number of rotatable bonds is 6. The molecule has 2 rings (SSSR count). The van der Waals surface area contributed by atoms with E-state index in [9.17, 15) is 0 Å². The van der Waals surface area contributed by atoms with Crippen LogP contribution >= 0.6 is 23.5 Å². The highest BCUT2D eigenvalue weighted by Gasteiger charge is 2.25. The number of hydrogen-bond acceptors (Lipinski definition) is 3. The van der Waals surface area contributed by atoms with E-state index in [0.717, 1.165) is 12.5 Å². The van der Waals surface area contributed by atoms with E-state index < -0.39 is 0 Å². The zero-order chi connectivity index (χ0) is 14.4. The van der Waals surface area contributed by atoms with Crippen molar-refractivity contribution < 1.29 is 0 Å². The smallest absolute Gasteiger partial charge is 0.0448 e. The molecule has 1 heterocycles. The Morgan fingerprint density at radius 2 is 2.15 bits per heavy atom. The van der Waals surface area contributed by atoms with Crippen molar-refractivity contribution >= 4 is 23.5 Å². The standard InChI is InChI=1S/C17H27NS2/c1-4-18-17(16-12-19-8-9-20-16)15-7-5-6-14(11-15)10-13(2)3/h5-7,11,13,16-18H,4,8-10,12H2,1-3H3. The van der Waals surface area contributed by atoms with Gasteiger partial charge in [0.1, 0.15) is 0 Å². The topological polar surface area (TPSA) is 12.0 Å². The third kappa shape index (κ3) is 4.71. The van der Waals surface area contributed by atoms with Crippen LogP contribution in [0.5, 0.6) is 0 Å². The van der Waals surface area contributed by atoms with Gasteiger partial charge in [0.05, 0.1) is 0 Å². The second-order valence-electron chi connectivity index (χ2n) is 5.86. The van der Waals surface area contributed by atoms with Gasteiger partial charge in [-0.1, -0.05) is 45.0 Å². The van der Waals surface area contributed by atoms with E-state index in [4.69, 9.17) is 0 Å². The van der Waals surface area contributed by atoms with Crippen molar-refractivity contribution in [2.24, 2.45) is 5.92 Å². The molecule has 1 saturated heterocycles. The van der Waals surface area contributed by atoms with Crippen LogP contribution in [-0.4, -0.2) is 29.1 Å². The minimum atomic E-state index is 0.505. The summed E-state index contributed by atoms with van der Waals surface area (Å²) in [5.74, 6) is 4.61. The fourth-order valence-corrected chi connectivity index (χ4v) is 5.64. The van der Waals surface area contributed by atoms with Crippen molar-refractivity contribution in [1.29, 1.82) is 0 Å². The van der Waals surface area contributed by atoms with E-state index >= 15 is 0 Å². The van der Waals surface area contributed by atoms with E-state index in [-0.39, 0.29) is 0 Å². The van der Waals surface area contributed by atoms with Crippen molar-refractivity contribution in [2.75, 3.05) is 23.8 Å². The highest BCUT2D eigenvalue weighted by atomic mass is 32.2. The van der Waals surface area contributed by atoms with Gasteiger partial charge in [-0.2, -0.15) is 23.5 Å². The molecule has 1 aromatic rings. The van der Waals surface area contributed by atoms with E-state index in [0.29, 0.717) is 11.3 Å². The maximum absolute atomic E-state index is 3.71. The zero-order valence-electron chi connectivity index (χ0n) is 12.9. The molecule has 1 N–H and O–H groups in total. The number of nitrogens with one attached hydrogen (secondary N) is 1. The minimum Gasteiger partial charge on any atom is -0.309 e. The van der Waals surface area contributed by atoms with Gasteiger partial charge >= 0.3 is 0 Å². The van der Waals surface area contributed by atoms with Gasteiger partial charge in [-0.15, -0.1) is 0 Å². The lowest BCUT2D eigenvalue weighted by Gasteiger charge is -2.30. The molecule has 0 saturated carbocycles. The molecule has 0 amide bonds. The first-order valence-corrected chi connectivity index (χ1v) is 9.92. The molecule has 1 aliphatic rings. The SMILES string of the molecule is CCNC(c1cccc(CC(C)C)c1)C1CSCCS1. The predicted octanol–water partition coefficient (Wildman–Crippen LogP) is 4.38. The molecule has 2 atom stereocenters. The summed E-state index contributed by atoms with van der Waals surface area (Å²) in [7, 11) is 0. The molecule has 1 fully saturated rings. The average molecular weight is 310 g/mol. The molecule has 0 aliphatic carbocycles. The van der Waals surface area contributed by atoms with Gasteiger partial charge in [-0.05, 0) is 30.0 Å². The third-order valence-corrected chi connectivity index (χ3v) is 6.46. The first-order chi connectivity index (χ1) is 9.70. The van der Waals surface area contributed by atoms with Gasteiger partial charge in [-0.25, -0.2) is 0 Å². The zero-order valence-corrected chi connectivity index (χ0v) is 14.5. The molecule has 1 nitrogen and oxygen atoms in total. The van der Waals surface area contributed by atoms with Crippen LogP contribution in [0.2, 0.25) is 0 Å². The Labute approximate surface area is 132 Å². The van der Waals surface area contributed by atoms with Gasteiger partial charge < -0.3 is 5.32 Å². The number of hydrogen-bond donors (Lipinski definition) is 1. The quantitative estimate of drug-likeness (QED) is 0.837. The summed E-state index contributed by atoms with van der Waals surface area (Å²) in [6.45, 7) is 7.84. The van der Waals surface area contributed by atoms with Crippen molar-refractivity contribution in [3.63, 3.8) is 0 Å². The summed E-state index contributed by atoms with van der Waals surface area (Å²) in [5, 5.41) is 4.43. The molecule has 20 heavy (non-hydrogen) atoms. The fourth-order valence-electron chi connectivity index (χ4n) is 2.77. The van der Waals surface area contributed by atoms with Crippen LogP contribution < -0.4 is 5.32 Å². The summed E-state index contributed by atoms with van der Waals surface area (Å²) >= 11 is 4.25. The van der Waals surface area contributed by atoms with Crippen LogP contribution in [0, 0.1) is 5.92 Å². The van der Waals surface area contributed by atoms with Crippen molar-refractivity contribution in [2.45, 2.75) is 38.5 Å². The van der Waals surface area contributed by atoms with Crippen molar-refractivity contribution in [3.8, 4) is 0 Å². The second kappa shape index (κ2) is 8.35. The molecule has 0 radical (unpaired) electrons.